The lowest BCUT2D eigenvalue weighted by molar-refractivity contribution is -0.123. The number of rotatable bonds is 2. The van der Waals surface area contributed by atoms with Gasteiger partial charge in [0.25, 0.3) is 5.91 Å². The molecule has 2 saturated heterocycles. The molecule has 1 aromatic carbocycles. The summed E-state index contributed by atoms with van der Waals surface area (Å²) in [7, 11) is 1.89. The van der Waals surface area contributed by atoms with E-state index in [9.17, 15) is 18.4 Å². The SMILES string of the molecule is CN1CC(=O)N(c2ccsc2)CC12CCN(C(=O)c1cc(F)cc(F)c1)C2. The number of carbonyl (C=O) groups excluding carboxylic acids is 2. The maximum atomic E-state index is 13.5. The first kappa shape index (κ1) is 18.1. The summed E-state index contributed by atoms with van der Waals surface area (Å²) < 4.78 is 26.9. The van der Waals surface area contributed by atoms with Crippen LogP contribution in [0.15, 0.2) is 35.0 Å². The van der Waals surface area contributed by atoms with Gasteiger partial charge in [-0.1, -0.05) is 0 Å². The molecule has 27 heavy (non-hydrogen) atoms. The minimum atomic E-state index is -0.767. The minimum Gasteiger partial charge on any atom is -0.337 e. The standard InChI is InChI=1S/C19H19F2N3O2S/c1-22-9-17(25)24(16-2-5-27-10-16)12-19(22)3-4-23(11-19)18(26)13-6-14(20)8-15(21)7-13/h2,5-8,10H,3-4,9,11-12H2,1H3. The van der Waals surface area contributed by atoms with Crippen molar-refractivity contribution in [3.8, 4) is 0 Å². The van der Waals surface area contributed by atoms with Crippen LogP contribution in [0, 0.1) is 11.6 Å². The predicted molar refractivity (Wildman–Crippen MR) is 98.9 cm³/mol. The molecule has 2 amide bonds. The Bertz CT molecular complexity index is 869. The van der Waals surface area contributed by atoms with Gasteiger partial charge >= 0.3 is 0 Å². The first-order valence-electron chi connectivity index (χ1n) is 8.67. The third kappa shape index (κ3) is 3.23. The van der Waals surface area contributed by atoms with E-state index < -0.39 is 17.5 Å². The van der Waals surface area contributed by atoms with Crippen molar-refractivity contribution in [2.24, 2.45) is 0 Å². The zero-order valence-electron chi connectivity index (χ0n) is 14.8. The van der Waals surface area contributed by atoms with Crippen molar-refractivity contribution >= 4 is 28.8 Å². The quantitative estimate of drug-likeness (QED) is 0.791. The van der Waals surface area contributed by atoms with Crippen LogP contribution in [-0.2, 0) is 4.79 Å². The number of benzene rings is 1. The first-order chi connectivity index (χ1) is 12.9. The topological polar surface area (TPSA) is 43.9 Å². The highest BCUT2D eigenvalue weighted by atomic mass is 32.1. The van der Waals surface area contributed by atoms with Gasteiger partial charge in [-0.05, 0) is 37.0 Å². The lowest BCUT2D eigenvalue weighted by Crippen LogP contribution is -2.64. The second-order valence-electron chi connectivity index (χ2n) is 7.18. The number of nitrogens with zero attached hydrogens (tertiary/aromatic N) is 3. The fraction of sp³-hybridized carbons (Fsp3) is 0.368. The highest BCUT2D eigenvalue weighted by molar-refractivity contribution is 7.08. The Morgan fingerprint density at radius 1 is 1.19 bits per heavy atom. The van der Waals surface area contributed by atoms with Gasteiger partial charge in [-0.25, -0.2) is 8.78 Å². The third-order valence-electron chi connectivity index (χ3n) is 5.48. The van der Waals surface area contributed by atoms with Crippen LogP contribution in [0.5, 0.6) is 0 Å². The average molecular weight is 391 g/mol. The largest absolute Gasteiger partial charge is 0.337 e. The molecule has 1 spiro atoms. The number of likely N-dealkylation sites (tertiary alicyclic amines) is 1. The summed E-state index contributed by atoms with van der Waals surface area (Å²) >= 11 is 1.53. The Morgan fingerprint density at radius 3 is 2.59 bits per heavy atom. The van der Waals surface area contributed by atoms with Gasteiger partial charge in [0.15, 0.2) is 0 Å². The molecule has 8 heteroatoms. The summed E-state index contributed by atoms with van der Waals surface area (Å²) in [4.78, 5) is 30.6. The van der Waals surface area contributed by atoms with Crippen LogP contribution in [0.25, 0.3) is 0 Å². The fourth-order valence-corrected chi connectivity index (χ4v) is 4.58. The van der Waals surface area contributed by atoms with Gasteiger partial charge in [-0.15, -0.1) is 0 Å². The Morgan fingerprint density at radius 2 is 1.93 bits per heavy atom. The van der Waals surface area contributed by atoms with Gasteiger partial charge in [-0.2, -0.15) is 11.3 Å². The van der Waals surface area contributed by atoms with E-state index in [0.717, 1.165) is 23.9 Å². The number of carbonyl (C=O) groups is 2. The summed E-state index contributed by atoms with van der Waals surface area (Å²) in [5, 5.41) is 3.86. The summed E-state index contributed by atoms with van der Waals surface area (Å²) in [6.45, 7) is 1.65. The molecule has 142 valence electrons. The highest BCUT2D eigenvalue weighted by Gasteiger charge is 2.48. The van der Waals surface area contributed by atoms with Crippen molar-refractivity contribution < 1.29 is 18.4 Å². The van der Waals surface area contributed by atoms with Crippen LogP contribution in [0.3, 0.4) is 0 Å². The summed E-state index contributed by atoms with van der Waals surface area (Å²) in [5.74, 6) is -1.90. The van der Waals surface area contributed by atoms with Crippen molar-refractivity contribution in [1.29, 1.82) is 0 Å². The van der Waals surface area contributed by atoms with Crippen molar-refractivity contribution in [3.63, 3.8) is 0 Å². The first-order valence-corrected chi connectivity index (χ1v) is 9.61. The van der Waals surface area contributed by atoms with Crippen LogP contribution < -0.4 is 4.90 Å². The molecule has 4 rings (SSSR count). The number of hydrogen-bond donors (Lipinski definition) is 0. The summed E-state index contributed by atoms with van der Waals surface area (Å²) in [6, 6.07) is 4.78. The van der Waals surface area contributed by atoms with E-state index in [1.165, 1.54) is 11.3 Å². The van der Waals surface area contributed by atoms with Crippen LogP contribution in [-0.4, -0.2) is 60.4 Å². The zero-order valence-corrected chi connectivity index (χ0v) is 15.6. The molecule has 1 unspecified atom stereocenters. The second-order valence-corrected chi connectivity index (χ2v) is 7.96. The highest BCUT2D eigenvalue weighted by Crippen LogP contribution is 2.34. The molecule has 5 nitrogen and oxygen atoms in total. The molecule has 1 aromatic heterocycles. The molecule has 2 fully saturated rings. The second kappa shape index (κ2) is 6.69. The van der Waals surface area contributed by atoms with E-state index in [-0.39, 0.29) is 23.6 Å². The molecule has 2 aliphatic heterocycles. The molecule has 0 saturated carbocycles. The van der Waals surface area contributed by atoms with E-state index in [4.69, 9.17) is 0 Å². The number of anilines is 1. The number of halogens is 2. The maximum Gasteiger partial charge on any atom is 0.254 e. The van der Waals surface area contributed by atoms with Crippen LogP contribution >= 0.6 is 11.3 Å². The van der Waals surface area contributed by atoms with Crippen molar-refractivity contribution in [2.45, 2.75) is 12.0 Å². The van der Waals surface area contributed by atoms with Crippen LogP contribution in [0.1, 0.15) is 16.8 Å². The van der Waals surface area contributed by atoms with Gasteiger partial charge in [0.1, 0.15) is 11.6 Å². The molecular formula is C19H19F2N3O2S. The molecular weight excluding hydrogens is 372 g/mol. The van der Waals surface area contributed by atoms with Gasteiger partial charge in [0, 0.05) is 36.6 Å². The number of likely N-dealkylation sites (N-methyl/N-ethyl adjacent to an activating group) is 1. The van der Waals surface area contributed by atoms with E-state index in [1.54, 1.807) is 9.80 Å². The van der Waals surface area contributed by atoms with Crippen LogP contribution in [0.2, 0.25) is 0 Å². The summed E-state index contributed by atoms with van der Waals surface area (Å²) in [6.07, 6.45) is 0.695. The molecule has 0 N–H and O–H groups in total. The molecule has 3 heterocycles. The monoisotopic (exact) mass is 391 g/mol. The Labute approximate surface area is 159 Å². The molecule has 0 radical (unpaired) electrons. The normalized spacial score (nSPS) is 23.4. The average Bonchev–Trinajstić information content (AvgIpc) is 3.28. The van der Waals surface area contributed by atoms with E-state index in [2.05, 4.69) is 0 Å². The summed E-state index contributed by atoms with van der Waals surface area (Å²) in [5.41, 5.74) is 0.514. The molecule has 2 aromatic rings. The fourth-order valence-electron chi connectivity index (χ4n) is 3.94. The Kier molecular flexibility index (Phi) is 4.47. The van der Waals surface area contributed by atoms with Crippen LogP contribution in [0.4, 0.5) is 14.5 Å². The molecule has 0 bridgehead atoms. The molecule has 2 aliphatic rings. The maximum absolute atomic E-state index is 13.5. The van der Waals surface area contributed by atoms with E-state index >= 15 is 0 Å². The van der Waals surface area contributed by atoms with Crippen molar-refractivity contribution in [1.82, 2.24) is 9.80 Å². The number of piperazine rings is 1. The van der Waals surface area contributed by atoms with Gasteiger partial charge in [0.05, 0.1) is 17.8 Å². The molecule has 1 atom stereocenters. The lowest BCUT2D eigenvalue weighted by atomic mass is 9.93. The lowest BCUT2D eigenvalue weighted by Gasteiger charge is -2.46. The van der Waals surface area contributed by atoms with E-state index in [0.29, 0.717) is 26.1 Å². The number of thiophene rings is 1. The number of hydrogen-bond acceptors (Lipinski definition) is 4. The number of amides is 2. The van der Waals surface area contributed by atoms with Gasteiger partial charge in [-0.3, -0.25) is 14.5 Å². The Balaban J connectivity index is 1.56. The van der Waals surface area contributed by atoms with Gasteiger partial charge < -0.3 is 9.80 Å². The predicted octanol–water partition coefficient (Wildman–Crippen LogP) is 2.59. The van der Waals surface area contributed by atoms with Gasteiger partial charge in [0.2, 0.25) is 5.91 Å². The zero-order chi connectivity index (χ0) is 19.2. The Hall–Kier alpha value is -2.32. The van der Waals surface area contributed by atoms with Crippen molar-refractivity contribution in [2.75, 3.05) is 38.1 Å². The van der Waals surface area contributed by atoms with E-state index in [1.807, 2.05) is 28.8 Å². The molecule has 0 aliphatic carbocycles. The third-order valence-corrected chi connectivity index (χ3v) is 6.15. The minimum absolute atomic E-state index is 0.00813. The smallest absolute Gasteiger partial charge is 0.254 e. The van der Waals surface area contributed by atoms with Crippen molar-refractivity contribution in [3.05, 3.63) is 52.2 Å².